The number of carbonyl (C=O) groups excluding carboxylic acids is 2. The van der Waals surface area contributed by atoms with E-state index in [9.17, 15) is 14.7 Å². The van der Waals surface area contributed by atoms with E-state index in [1.54, 1.807) is 41.5 Å². The molecule has 1 aliphatic heterocycles. The van der Waals surface area contributed by atoms with E-state index in [-0.39, 0.29) is 13.1 Å². The predicted molar refractivity (Wildman–Crippen MR) is 74.1 cm³/mol. The van der Waals surface area contributed by atoms with Gasteiger partial charge in [0.15, 0.2) is 0 Å². The van der Waals surface area contributed by atoms with Crippen LogP contribution in [-0.2, 0) is 19.1 Å². The molecular formula is C13H24N2O7. The van der Waals surface area contributed by atoms with Crippen LogP contribution in [0.2, 0.25) is 0 Å². The van der Waals surface area contributed by atoms with E-state index in [0.717, 1.165) is 10.3 Å². The molecule has 1 saturated heterocycles. The van der Waals surface area contributed by atoms with Crippen LogP contribution in [0.5, 0.6) is 0 Å². The van der Waals surface area contributed by atoms with E-state index in [0.29, 0.717) is 0 Å². The van der Waals surface area contributed by atoms with Crippen molar-refractivity contribution in [1.29, 1.82) is 0 Å². The van der Waals surface area contributed by atoms with Crippen LogP contribution >= 0.6 is 0 Å². The third-order valence-electron chi connectivity index (χ3n) is 2.12. The van der Waals surface area contributed by atoms with Gasteiger partial charge in [0.25, 0.3) is 0 Å². The Morgan fingerprint density at radius 3 is 1.45 bits per heavy atom. The molecule has 0 aromatic heterocycles. The number of aliphatic hydroxyl groups is 1. The summed E-state index contributed by atoms with van der Waals surface area (Å²) < 4.78 is 9.97. The highest BCUT2D eigenvalue weighted by molar-refractivity contribution is 5.60. The highest BCUT2D eigenvalue weighted by Crippen LogP contribution is 2.17. The first-order valence-corrected chi connectivity index (χ1v) is 6.91. The van der Waals surface area contributed by atoms with Gasteiger partial charge in [-0.3, -0.25) is 0 Å². The zero-order valence-electron chi connectivity index (χ0n) is 13.8. The van der Waals surface area contributed by atoms with Crippen molar-refractivity contribution in [2.75, 3.05) is 13.1 Å². The maximum absolute atomic E-state index is 11.6. The highest BCUT2D eigenvalue weighted by atomic mass is 16.9. The lowest BCUT2D eigenvalue weighted by Crippen LogP contribution is -2.42. The third-order valence-corrected chi connectivity index (χ3v) is 2.12. The van der Waals surface area contributed by atoms with Crippen molar-refractivity contribution in [3.05, 3.63) is 0 Å². The molecule has 9 nitrogen and oxygen atoms in total. The highest BCUT2D eigenvalue weighted by Gasteiger charge is 2.37. The number of hydrazine groups is 1. The summed E-state index contributed by atoms with van der Waals surface area (Å²) in [5, 5.41) is 11.4. The zero-order valence-corrected chi connectivity index (χ0v) is 13.8. The predicted octanol–water partition coefficient (Wildman–Crippen LogP) is 1.61. The van der Waals surface area contributed by atoms with E-state index >= 15 is 0 Å². The molecule has 0 amide bonds. The Bertz CT molecular complexity index is 376. The minimum Gasteiger partial charge on any atom is -0.427 e. The molecule has 1 fully saturated rings. The smallest absolute Gasteiger partial charge is 0.427 e. The molecule has 0 aromatic carbocycles. The lowest BCUT2D eigenvalue weighted by molar-refractivity contribution is -0.347. The summed E-state index contributed by atoms with van der Waals surface area (Å²) in [6.07, 6.45) is -2.80. The van der Waals surface area contributed by atoms with Gasteiger partial charge in [0, 0.05) is 0 Å². The molecule has 9 heteroatoms. The summed E-state index contributed by atoms with van der Waals surface area (Å²) in [5.74, 6) is 0. The largest absolute Gasteiger partial charge is 0.529 e. The number of rotatable bonds is 2. The van der Waals surface area contributed by atoms with Crippen molar-refractivity contribution in [1.82, 2.24) is 10.3 Å². The van der Waals surface area contributed by atoms with Crippen LogP contribution in [0, 0.1) is 0 Å². The van der Waals surface area contributed by atoms with Crippen LogP contribution in [0.15, 0.2) is 0 Å². The molecule has 0 spiro atoms. The molecule has 0 saturated carbocycles. The summed E-state index contributed by atoms with van der Waals surface area (Å²) in [6, 6.07) is 0. The molecule has 128 valence electrons. The van der Waals surface area contributed by atoms with Crippen molar-refractivity contribution in [2.45, 2.75) is 58.8 Å². The van der Waals surface area contributed by atoms with Gasteiger partial charge in [0.05, 0.1) is 19.2 Å². The summed E-state index contributed by atoms with van der Waals surface area (Å²) >= 11 is 0. The molecule has 0 atom stereocenters. The van der Waals surface area contributed by atoms with Crippen LogP contribution in [0.25, 0.3) is 0 Å². The molecule has 0 aliphatic carbocycles. The average Bonchev–Trinajstić information content (AvgIpc) is 2.52. The maximum atomic E-state index is 11.6. The molecule has 0 radical (unpaired) electrons. The van der Waals surface area contributed by atoms with Crippen molar-refractivity contribution >= 4 is 12.3 Å². The third kappa shape index (κ3) is 6.92. The van der Waals surface area contributed by atoms with Gasteiger partial charge in [-0.05, 0) is 51.9 Å². The Morgan fingerprint density at radius 2 is 1.18 bits per heavy atom. The number of β-amino-alcohol motifs (C(OH)–C–C–N with tert-alkyl or cyclic N) is 1. The van der Waals surface area contributed by atoms with E-state index in [1.165, 1.54) is 0 Å². The van der Waals surface area contributed by atoms with E-state index in [1.807, 2.05) is 0 Å². The number of aliphatic hydroxyl groups excluding tert-OH is 1. The maximum Gasteiger partial charge on any atom is 0.529 e. The van der Waals surface area contributed by atoms with Crippen LogP contribution in [0.4, 0.5) is 9.59 Å². The Morgan fingerprint density at radius 1 is 0.864 bits per heavy atom. The first-order valence-electron chi connectivity index (χ1n) is 6.91. The number of nitrogens with zero attached hydrogens (tertiary/aromatic N) is 2. The molecule has 0 aromatic rings. The van der Waals surface area contributed by atoms with Gasteiger partial charge in [-0.25, -0.2) is 9.59 Å². The number of hydrogen-bond donors (Lipinski definition) is 1. The Kier molecular flexibility index (Phi) is 5.60. The zero-order chi connectivity index (χ0) is 17.1. The number of ether oxygens (including phenoxy) is 2. The number of hydrogen-bond acceptors (Lipinski definition) is 9. The second-order valence-electron chi connectivity index (χ2n) is 6.83. The standard InChI is InChI=1S/C13H24N2O7/c1-12(2,3)19-10(17)21-14-7-9(16)8-15(14)22-11(18)20-13(4,5)6/h9,16H,7-8H2,1-6H3. The van der Waals surface area contributed by atoms with Crippen molar-refractivity contribution in [3.8, 4) is 0 Å². The van der Waals surface area contributed by atoms with E-state index in [4.69, 9.17) is 19.1 Å². The summed E-state index contributed by atoms with van der Waals surface area (Å²) in [4.78, 5) is 33.0. The van der Waals surface area contributed by atoms with Crippen molar-refractivity contribution in [2.24, 2.45) is 0 Å². The topological polar surface area (TPSA) is 97.8 Å². The molecular weight excluding hydrogens is 296 g/mol. The van der Waals surface area contributed by atoms with Crippen LogP contribution in [0.1, 0.15) is 41.5 Å². The van der Waals surface area contributed by atoms with Crippen LogP contribution in [0.3, 0.4) is 0 Å². The SMILES string of the molecule is CC(C)(C)OC(=O)ON1CC(O)CN1OC(=O)OC(C)(C)C. The van der Waals surface area contributed by atoms with Gasteiger partial charge in [0.2, 0.25) is 0 Å². The van der Waals surface area contributed by atoms with Crippen LogP contribution < -0.4 is 0 Å². The monoisotopic (exact) mass is 320 g/mol. The molecule has 22 heavy (non-hydrogen) atoms. The van der Waals surface area contributed by atoms with Gasteiger partial charge >= 0.3 is 12.3 Å². The lowest BCUT2D eigenvalue weighted by Gasteiger charge is -2.26. The summed E-state index contributed by atoms with van der Waals surface area (Å²) in [7, 11) is 0. The van der Waals surface area contributed by atoms with Crippen LogP contribution in [-0.4, -0.2) is 58.2 Å². The fraction of sp³-hybridized carbons (Fsp3) is 0.846. The molecule has 1 heterocycles. The van der Waals surface area contributed by atoms with Crippen molar-refractivity contribution < 1.29 is 33.8 Å². The number of carbonyl (C=O) groups is 2. The summed E-state index contributed by atoms with van der Waals surface area (Å²) in [5.41, 5.74) is -1.46. The average molecular weight is 320 g/mol. The Balaban J connectivity index is 2.58. The second kappa shape index (κ2) is 6.67. The Hall–Kier alpha value is -1.58. The Labute approximate surface area is 129 Å². The van der Waals surface area contributed by atoms with E-state index in [2.05, 4.69) is 0 Å². The summed E-state index contributed by atoms with van der Waals surface area (Å²) in [6.45, 7) is 9.99. The normalized spacial score (nSPS) is 18.1. The lowest BCUT2D eigenvalue weighted by atomic mass is 10.2. The number of hydroxylamine groups is 2. The van der Waals surface area contributed by atoms with Crippen molar-refractivity contribution in [3.63, 3.8) is 0 Å². The molecule has 1 aliphatic rings. The minimum absolute atomic E-state index is 0.0535. The molecule has 1 rings (SSSR count). The van der Waals surface area contributed by atoms with Gasteiger partial charge in [-0.1, -0.05) is 0 Å². The fourth-order valence-electron chi connectivity index (χ4n) is 1.48. The second-order valence-corrected chi connectivity index (χ2v) is 6.83. The first-order chi connectivity index (χ1) is 9.85. The minimum atomic E-state index is -0.973. The van der Waals surface area contributed by atoms with Gasteiger partial charge in [-0.2, -0.15) is 0 Å². The van der Waals surface area contributed by atoms with E-state index < -0.39 is 29.6 Å². The van der Waals surface area contributed by atoms with Gasteiger partial charge < -0.3 is 24.3 Å². The quantitative estimate of drug-likeness (QED) is 0.761. The molecule has 0 bridgehead atoms. The molecule has 0 unspecified atom stereocenters. The first kappa shape index (κ1) is 18.5. The van der Waals surface area contributed by atoms with Gasteiger partial charge in [0.1, 0.15) is 11.2 Å². The fourth-order valence-corrected chi connectivity index (χ4v) is 1.48. The molecule has 1 N–H and O–H groups in total. The van der Waals surface area contributed by atoms with Gasteiger partial charge in [-0.15, -0.1) is 0 Å².